The summed E-state index contributed by atoms with van der Waals surface area (Å²) in [6.07, 6.45) is 2.03. The highest BCUT2D eigenvalue weighted by Crippen LogP contribution is 2.21. The van der Waals surface area contributed by atoms with Crippen molar-refractivity contribution in [2.24, 2.45) is 7.05 Å². The molecule has 0 spiro atoms. The number of imidazole rings is 1. The fourth-order valence-electron chi connectivity index (χ4n) is 1.71. The zero-order valence-electron chi connectivity index (χ0n) is 10.9. The van der Waals surface area contributed by atoms with Crippen LogP contribution in [0.15, 0.2) is 30.5 Å². The van der Waals surface area contributed by atoms with Gasteiger partial charge in [0.1, 0.15) is 23.3 Å². The number of nitrogens with zero attached hydrogens (tertiary/aromatic N) is 2. The number of Topliss-reactive ketones (excluding diaryl/α,β-unsaturated/α-hetero) is 1. The molecule has 0 amide bonds. The van der Waals surface area contributed by atoms with Crippen molar-refractivity contribution < 1.29 is 9.53 Å². The highest BCUT2D eigenvalue weighted by molar-refractivity contribution is 6.29. The number of halogens is 1. The summed E-state index contributed by atoms with van der Waals surface area (Å²) < 4.78 is 7.42. The molecule has 0 saturated heterocycles. The molecule has 1 aromatic carbocycles. The van der Waals surface area contributed by atoms with Crippen LogP contribution >= 0.6 is 11.6 Å². The molecule has 19 heavy (non-hydrogen) atoms. The molecule has 5 heteroatoms. The van der Waals surface area contributed by atoms with Gasteiger partial charge in [0.2, 0.25) is 0 Å². The molecule has 0 N–H and O–H groups in total. The summed E-state index contributed by atoms with van der Waals surface area (Å²) in [6, 6.07) is 7.22. The Morgan fingerprint density at radius 2 is 2.16 bits per heavy atom. The van der Waals surface area contributed by atoms with Gasteiger partial charge < -0.3 is 9.30 Å². The van der Waals surface area contributed by atoms with E-state index in [1.54, 1.807) is 22.9 Å². The average molecular weight is 279 g/mol. The van der Waals surface area contributed by atoms with Crippen molar-refractivity contribution in [1.82, 2.24) is 9.55 Å². The SMILES string of the molecule is CCC(=O)c1ccccc1OCc1ncc(Cl)n1C. The third-order valence-corrected chi connectivity index (χ3v) is 3.24. The quantitative estimate of drug-likeness (QED) is 0.789. The van der Waals surface area contributed by atoms with Crippen LogP contribution in [0.3, 0.4) is 0 Å². The van der Waals surface area contributed by atoms with Gasteiger partial charge in [-0.15, -0.1) is 0 Å². The molecule has 0 saturated carbocycles. The van der Waals surface area contributed by atoms with Crippen molar-refractivity contribution in [3.05, 3.63) is 47.0 Å². The van der Waals surface area contributed by atoms with Crippen LogP contribution in [0.25, 0.3) is 0 Å². The fraction of sp³-hybridized carbons (Fsp3) is 0.286. The van der Waals surface area contributed by atoms with Gasteiger partial charge >= 0.3 is 0 Å². The zero-order valence-corrected chi connectivity index (χ0v) is 11.6. The van der Waals surface area contributed by atoms with Gasteiger partial charge in [-0.25, -0.2) is 4.98 Å². The first kappa shape index (κ1) is 13.6. The molecule has 0 atom stereocenters. The van der Waals surface area contributed by atoms with Crippen LogP contribution < -0.4 is 4.74 Å². The summed E-state index contributed by atoms with van der Waals surface area (Å²) in [7, 11) is 1.82. The summed E-state index contributed by atoms with van der Waals surface area (Å²) in [4.78, 5) is 15.9. The van der Waals surface area contributed by atoms with Crippen molar-refractivity contribution in [3.8, 4) is 5.75 Å². The first-order valence-corrected chi connectivity index (χ1v) is 6.42. The lowest BCUT2D eigenvalue weighted by Crippen LogP contribution is -2.06. The van der Waals surface area contributed by atoms with Gasteiger partial charge in [-0.1, -0.05) is 30.7 Å². The molecule has 2 rings (SSSR count). The summed E-state index contributed by atoms with van der Waals surface area (Å²) >= 11 is 5.91. The molecule has 0 aliphatic carbocycles. The Balaban J connectivity index is 2.16. The number of ether oxygens (including phenoxy) is 1. The molecule has 1 aromatic heterocycles. The molecule has 0 aliphatic heterocycles. The number of hydrogen-bond donors (Lipinski definition) is 0. The lowest BCUT2D eigenvalue weighted by Gasteiger charge is -2.10. The normalized spacial score (nSPS) is 10.5. The predicted molar refractivity (Wildman–Crippen MR) is 73.6 cm³/mol. The van der Waals surface area contributed by atoms with Crippen molar-refractivity contribution in [2.75, 3.05) is 0 Å². The second-order valence-corrected chi connectivity index (χ2v) is 4.50. The van der Waals surface area contributed by atoms with Crippen LogP contribution in [0, 0.1) is 0 Å². The van der Waals surface area contributed by atoms with Crippen LogP contribution in [-0.4, -0.2) is 15.3 Å². The van der Waals surface area contributed by atoms with Crippen LogP contribution in [0.2, 0.25) is 5.15 Å². The Morgan fingerprint density at radius 1 is 1.42 bits per heavy atom. The Bertz CT molecular complexity index is 593. The Morgan fingerprint density at radius 3 is 2.79 bits per heavy atom. The van der Waals surface area contributed by atoms with Crippen molar-refractivity contribution >= 4 is 17.4 Å². The van der Waals surface area contributed by atoms with E-state index in [9.17, 15) is 4.79 Å². The molecule has 0 fully saturated rings. The molecule has 0 aliphatic rings. The third-order valence-electron chi connectivity index (χ3n) is 2.89. The minimum atomic E-state index is 0.0634. The number of ketones is 1. The van der Waals surface area contributed by atoms with Crippen LogP contribution in [0.1, 0.15) is 29.5 Å². The number of rotatable bonds is 5. The largest absolute Gasteiger partial charge is 0.485 e. The van der Waals surface area contributed by atoms with E-state index in [1.807, 2.05) is 26.1 Å². The lowest BCUT2D eigenvalue weighted by molar-refractivity contribution is 0.0983. The van der Waals surface area contributed by atoms with E-state index < -0.39 is 0 Å². The monoisotopic (exact) mass is 278 g/mol. The lowest BCUT2D eigenvalue weighted by atomic mass is 10.1. The van der Waals surface area contributed by atoms with E-state index in [2.05, 4.69) is 4.98 Å². The van der Waals surface area contributed by atoms with Crippen molar-refractivity contribution in [1.29, 1.82) is 0 Å². The van der Waals surface area contributed by atoms with E-state index in [4.69, 9.17) is 16.3 Å². The molecule has 100 valence electrons. The zero-order chi connectivity index (χ0) is 13.8. The van der Waals surface area contributed by atoms with E-state index in [0.717, 1.165) is 0 Å². The van der Waals surface area contributed by atoms with Crippen molar-refractivity contribution in [2.45, 2.75) is 20.0 Å². The molecule has 0 radical (unpaired) electrons. The van der Waals surface area contributed by atoms with E-state index in [1.165, 1.54) is 0 Å². The second kappa shape index (κ2) is 5.89. The van der Waals surface area contributed by atoms with Gasteiger partial charge in [0, 0.05) is 13.5 Å². The number of benzene rings is 1. The van der Waals surface area contributed by atoms with Crippen LogP contribution in [0.5, 0.6) is 5.75 Å². The van der Waals surface area contributed by atoms with Gasteiger partial charge in [0.05, 0.1) is 11.8 Å². The molecule has 2 aromatic rings. The predicted octanol–water partition coefficient (Wildman–Crippen LogP) is 3.25. The van der Waals surface area contributed by atoms with Crippen LogP contribution in [0.4, 0.5) is 0 Å². The van der Waals surface area contributed by atoms with Crippen LogP contribution in [-0.2, 0) is 13.7 Å². The molecule has 0 bridgehead atoms. The third kappa shape index (κ3) is 2.96. The number of carbonyl (C=O) groups excluding carboxylic acids is 1. The maximum absolute atomic E-state index is 11.8. The first-order chi connectivity index (χ1) is 9.13. The Hall–Kier alpha value is -1.81. The standard InChI is InChI=1S/C14H15ClN2O2/c1-3-11(18)10-6-4-5-7-12(10)19-9-14-16-8-13(15)17(14)2/h4-8H,3,9H2,1-2H3. The number of carbonyl (C=O) groups is 1. The van der Waals surface area contributed by atoms with E-state index >= 15 is 0 Å². The first-order valence-electron chi connectivity index (χ1n) is 6.04. The highest BCUT2D eigenvalue weighted by atomic mass is 35.5. The summed E-state index contributed by atoms with van der Waals surface area (Å²) in [5, 5.41) is 0.552. The molecule has 1 heterocycles. The smallest absolute Gasteiger partial charge is 0.166 e. The second-order valence-electron chi connectivity index (χ2n) is 4.12. The number of para-hydroxylation sites is 1. The Kier molecular flexibility index (Phi) is 4.22. The maximum Gasteiger partial charge on any atom is 0.166 e. The number of hydrogen-bond acceptors (Lipinski definition) is 3. The topological polar surface area (TPSA) is 44.1 Å². The molecular weight excluding hydrogens is 264 g/mol. The summed E-state index contributed by atoms with van der Waals surface area (Å²) in [5.74, 6) is 1.35. The van der Waals surface area contributed by atoms with E-state index in [0.29, 0.717) is 28.7 Å². The molecule has 0 unspecified atom stereocenters. The van der Waals surface area contributed by atoms with Gasteiger partial charge in [0.15, 0.2) is 5.78 Å². The van der Waals surface area contributed by atoms with Gasteiger partial charge in [-0.3, -0.25) is 4.79 Å². The minimum Gasteiger partial charge on any atom is -0.485 e. The summed E-state index contributed by atoms with van der Waals surface area (Å²) in [6.45, 7) is 2.11. The Labute approximate surface area is 117 Å². The number of aromatic nitrogens is 2. The van der Waals surface area contributed by atoms with Gasteiger partial charge in [0.25, 0.3) is 0 Å². The van der Waals surface area contributed by atoms with Gasteiger partial charge in [-0.05, 0) is 12.1 Å². The average Bonchev–Trinajstić information content (AvgIpc) is 2.76. The van der Waals surface area contributed by atoms with Crippen molar-refractivity contribution in [3.63, 3.8) is 0 Å². The van der Waals surface area contributed by atoms with Gasteiger partial charge in [-0.2, -0.15) is 0 Å². The van der Waals surface area contributed by atoms with E-state index in [-0.39, 0.29) is 12.4 Å². The summed E-state index contributed by atoms with van der Waals surface area (Å²) in [5.41, 5.74) is 0.602. The molecule has 4 nitrogen and oxygen atoms in total. The fourth-order valence-corrected chi connectivity index (χ4v) is 1.86. The maximum atomic E-state index is 11.8. The highest BCUT2D eigenvalue weighted by Gasteiger charge is 2.11. The molecular formula is C14H15ClN2O2. The minimum absolute atomic E-state index is 0.0634.